The minimum absolute atomic E-state index is 0.147. The summed E-state index contributed by atoms with van der Waals surface area (Å²) >= 11 is 3.60. The number of dihydropyridines is 1. The van der Waals surface area contributed by atoms with Crippen molar-refractivity contribution in [3.8, 4) is 0 Å². The van der Waals surface area contributed by atoms with E-state index in [0.29, 0.717) is 30.9 Å². The van der Waals surface area contributed by atoms with Crippen molar-refractivity contribution in [3.05, 3.63) is 69.7 Å². The summed E-state index contributed by atoms with van der Waals surface area (Å²) in [6, 6.07) is 6.37. The zero-order valence-electron chi connectivity index (χ0n) is 17.8. The number of aromatic nitrogens is 3. The Morgan fingerprint density at radius 1 is 1.18 bits per heavy atom. The van der Waals surface area contributed by atoms with Gasteiger partial charge in [-0.25, -0.2) is 9.37 Å². The van der Waals surface area contributed by atoms with Gasteiger partial charge in [0.15, 0.2) is 5.65 Å². The first kappa shape index (κ1) is 21.6. The minimum Gasteiger partial charge on any atom is -0.481 e. The molecule has 0 radical (unpaired) electrons. The predicted octanol–water partition coefficient (Wildman–Crippen LogP) is 4.60. The molecule has 1 fully saturated rings. The number of hydrogen-bond acceptors (Lipinski definition) is 5. The molecule has 0 unspecified atom stereocenters. The molecule has 0 amide bonds. The molecule has 1 aliphatic carbocycles. The summed E-state index contributed by atoms with van der Waals surface area (Å²) in [5.41, 5.74) is 11.7. The highest BCUT2D eigenvalue weighted by molar-refractivity contribution is 9.10. The Kier molecular flexibility index (Phi) is 5.65. The largest absolute Gasteiger partial charge is 0.481 e. The number of carboxylic acid groups (broad SMARTS) is 1. The topological polar surface area (TPSA) is 106 Å². The van der Waals surface area contributed by atoms with Crippen molar-refractivity contribution in [3.63, 3.8) is 0 Å². The van der Waals surface area contributed by atoms with E-state index in [9.17, 15) is 14.3 Å². The lowest BCUT2D eigenvalue weighted by molar-refractivity contribution is -0.142. The highest BCUT2D eigenvalue weighted by Gasteiger charge is 2.30. The van der Waals surface area contributed by atoms with Crippen LogP contribution in [0, 0.1) is 11.7 Å². The zero-order chi connectivity index (χ0) is 23.1. The van der Waals surface area contributed by atoms with Crippen LogP contribution in [0.15, 0.2) is 47.1 Å². The fraction of sp³-hybridized carbons (Fsp3) is 0.292. The summed E-state index contributed by atoms with van der Waals surface area (Å²) in [5.74, 6) is -0.646. The quantitative estimate of drug-likeness (QED) is 0.472. The van der Waals surface area contributed by atoms with Crippen LogP contribution in [0.25, 0.3) is 16.9 Å². The number of hydrogen-bond donors (Lipinski definition) is 3. The van der Waals surface area contributed by atoms with Crippen LogP contribution in [-0.2, 0) is 4.79 Å². The predicted molar refractivity (Wildman–Crippen MR) is 128 cm³/mol. The third-order valence-electron chi connectivity index (χ3n) is 6.53. The van der Waals surface area contributed by atoms with Gasteiger partial charge < -0.3 is 16.2 Å². The average Bonchev–Trinajstić information content (AvgIpc) is 3.26. The second-order valence-corrected chi connectivity index (χ2v) is 9.30. The van der Waals surface area contributed by atoms with Crippen molar-refractivity contribution in [1.82, 2.24) is 19.9 Å². The fourth-order valence-electron chi connectivity index (χ4n) is 4.63. The monoisotopic (exact) mass is 511 g/mol. The number of carboxylic acids is 1. The Morgan fingerprint density at radius 2 is 1.91 bits per heavy atom. The van der Waals surface area contributed by atoms with Crippen LogP contribution in [0.2, 0.25) is 0 Å². The number of nitrogens with two attached hydrogens (primary N) is 1. The van der Waals surface area contributed by atoms with E-state index in [1.165, 1.54) is 12.1 Å². The Labute approximate surface area is 198 Å². The molecule has 0 atom stereocenters. The van der Waals surface area contributed by atoms with Crippen LogP contribution in [0.5, 0.6) is 0 Å². The maximum absolute atomic E-state index is 13.2. The SMILES string of the molecule is Nc1c(Br)c([C@H]2CC[C@H](C(=O)O)CC2)nc2c(C3=CC=C(c4ccc(F)cc4)NC3)cnn12. The number of anilines is 1. The summed E-state index contributed by atoms with van der Waals surface area (Å²) in [5, 5.41) is 17.1. The Morgan fingerprint density at radius 3 is 2.55 bits per heavy atom. The summed E-state index contributed by atoms with van der Waals surface area (Å²) < 4.78 is 15.6. The van der Waals surface area contributed by atoms with Crippen LogP contribution < -0.4 is 11.1 Å². The van der Waals surface area contributed by atoms with Crippen molar-refractivity contribution in [2.24, 2.45) is 5.92 Å². The molecule has 5 rings (SSSR count). The lowest BCUT2D eigenvalue weighted by Gasteiger charge is -2.26. The normalized spacial score (nSPS) is 20.8. The minimum atomic E-state index is -0.724. The maximum Gasteiger partial charge on any atom is 0.306 e. The highest BCUT2D eigenvalue weighted by atomic mass is 79.9. The molecule has 1 saturated carbocycles. The van der Waals surface area contributed by atoms with Gasteiger partial charge in [0.2, 0.25) is 0 Å². The molecule has 3 heterocycles. The van der Waals surface area contributed by atoms with E-state index in [0.717, 1.165) is 45.4 Å². The molecule has 1 aliphatic heterocycles. The van der Waals surface area contributed by atoms with Gasteiger partial charge in [0, 0.05) is 23.7 Å². The number of nitrogen functional groups attached to an aromatic ring is 1. The van der Waals surface area contributed by atoms with Crippen LogP contribution in [0.4, 0.5) is 10.2 Å². The number of rotatable bonds is 4. The van der Waals surface area contributed by atoms with E-state index in [1.807, 2.05) is 12.2 Å². The van der Waals surface area contributed by atoms with E-state index in [2.05, 4.69) is 26.3 Å². The van der Waals surface area contributed by atoms with Crippen molar-refractivity contribution in [2.75, 3.05) is 12.3 Å². The van der Waals surface area contributed by atoms with Gasteiger partial charge >= 0.3 is 5.97 Å². The highest BCUT2D eigenvalue weighted by Crippen LogP contribution is 2.40. The average molecular weight is 512 g/mol. The molecule has 4 N–H and O–H groups in total. The molecule has 1 aromatic carbocycles. The molecule has 170 valence electrons. The number of halogens is 2. The lowest BCUT2D eigenvalue weighted by atomic mass is 9.80. The fourth-order valence-corrected chi connectivity index (χ4v) is 5.21. The first-order chi connectivity index (χ1) is 15.9. The second-order valence-electron chi connectivity index (χ2n) is 8.51. The number of aliphatic carboxylic acids is 1. The molecular weight excluding hydrogens is 489 g/mol. The van der Waals surface area contributed by atoms with E-state index < -0.39 is 5.97 Å². The first-order valence-electron chi connectivity index (χ1n) is 10.9. The van der Waals surface area contributed by atoms with Crippen LogP contribution in [0.1, 0.15) is 48.4 Å². The second kappa shape index (κ2) is 8.62. The number of benzene rings is 1. The molecule has 0 bridgehead atoms. The van der Waals surface area contributed by atoms with Crippen LogP contribution in [-0.4, -0.2) is 32.2 Å². The van der Waals surface area contributed by atoms with Crippen molar-refractivity contribution in [2.45, 2.75) is 31.6 Å². The van der Waals surface area contributed by atoms with Crippen molar-refractivity contribution in [1.29, 1.82) is 0 Å². The summed E-state index contributed by atoms with van der Waals surface area (Å²) in [6.07, 6.45) is 8.54. The number of nitrogens with one attached hydrogen (secondary N) is 1. The molecule has 33 heavy (non-hydrogen) atoms. The van der Waals surface area contributed by atoms with Gasteiger partial charge in [-0.3, -0.25) is 4.79 Å². The molecule has 0 spiro atoms. The van der Waals surface area contributed by atoms with Gasteiger partial charge in [-0.05, 0) is 71.0 Å². The van der Waals surface area contributed by atoms with Gasteiger partial charge in [0.1, 0.15) is 11.6 Å². The zero-order valence-corrected chi connectivity index (χ0v) is 19.3. The standard InChI is InChI=1S/C24H23BrFN5O2/c25-20-21(14-1-3-15(4-2-14)24(32)33)30-23-18(12-29-31(23)22(20)27)16-7-10-19(28-11-16)13-5-8-17(26)9-6-13/h5-10,12,14-15,28H,1-4,11,27H2,(H,32,33)/t14-,15-. The third-order valence-corrected chi connectivity index (χ3v) is 7.35. The van der Waals surface area contributed by atoms with Gasteiger partial charge in [-0.2, -0.15) is 9.61 Å². The number of fused-ring (bicyclic) bond motifs is 1. The maximum atomic E-state index is 13.2. The molecule has 2 aromatic heterocycles. The van der Waals surface area contributed by atoms with E-state index in [-0.39, 0.29) is 17.7 Å². The lowest BCUT2D eigenvalue weighted by Crippen LogP contribution is -2.22. The van der Waals surface area contributed by atoms with E-state index in [1.54, 1.807) is 22.8 Å². The van der Waals surface area contributed by atoms with Crippen LogP contribution in [0.3, 0.4) is 0 Å². The van der Waals surface area contributed by atoms with Crippen molar-refractivity contribution >= 4 is 44.6 Å². The Hall–Kier alpha value is -3.20. The number of carbonyl (C=O) groups is 1. The van der Waals surface area contributed by atoms with E-state index in [4.69, 9.17) is 10.7 Å². The molecule has 2 aliphatic rings. The molecular formula is C24H23BrFN5O2. The van der Waals surface area contributed by atoms with Gasteiger partial charge in [0.05, 0.1) is 22.3 Å². The summed E-state index contributed by atoms with van der Waals surface area (Å²) in [6.45, 7) is 0.571. The smallest absolute Gasteiger partial charge is 0.306 e. The van der Waals surface area contributed by atoms with E-state index >= 15 is 0 Å². The van der Waals surface area contributed by atoms with Crippen molar-refractivity contribution < 1.29 is 14.3 Å². The summed E-state index contributed by atoms with van der Waals surface area (Å²) in [7, 11) is 0. The van der Waals surface area contributed by atoms with Gasteiger partial charge in [-0.1, -0.05) is 18.2 Å². The van der Waals surface area contributed by atoms with Crippen LogP contribution >= 0.6 is 15.9 Å². The molecule has 0 saturated heterocycles. The summed E-state index contributed by atoms with van der Waals surface area (Å²) in [4.78, 5) is 16.3. The first-order valence-corrected chi connectivity index (χ1v) is 11.7. The third kappa shape index (κ3) is 4.01. The number of nitrogens with zero attached hydrogens (tertiary/aromatic N) is 3. The Balaban J connectivity index is 1.48. The molecule has 3 aromatic rings. The molecule has 7 nitrogen and oxygen atoms in total. The van der Waals surface area contributed by atoms with Gasteiger partial charge in [-0.15, -0.1) is 0 Å². The number of allylic oxidation sites excluding steroid dienone is 2. The van der Waals surface area contributed by atoms with Gasteiger partial charge in [0.25, 0.3) is 0 Å². The Bertz CT molecular complexity index is 1290. The molecule has 9 heteroatoms.